The van der Waals surface area contributed by atoms with Crippen molar-refractivity contribution in [1.29, 1.82) is 0 Å². The first-order valence-electron chi connectivity index (χ1n) is 5.76. The molecule has 86 valence electrons. The molecule has 1 heterocycles. The van der Waals surface area contributed by atoms with Gasteiger partial charge in [-0.1, -0.05) is 29.8 Å². The fraction of sp³-hybridized carbons (Fsp3) is 0.462. The van der Waals surface area contributed by atoms with Gasteiger partial charge in [-0.25, -0.2) is 0 Å². The van der Waals surface area contributed by atoms with Crippen molar-refractivity contribution in [2.75, 3.05) is 19.6 Å². The van der Waals surface area contributed by atoms with Crippen LogP contribution in [0.15, 0.2) is 24.3 Å². The molecular formula is C13H17NO2. The van der Waals surface area contributed by atoms with E-state index in [4.69, 9.17) is 0 Å². The van der Waals surface area contributed by atoms with E-state index in [1.807, 2.05) is 19.1 Å². The van der Waals surface area contributed by atoms with Crippen LogP contribution in [0.3, 0.4) is 0 Å². The first-order chi connectivity index (χ1) is 7.59. The zero-order valence-electron chi connectivity index (χ0n) is 9.61. The van der Waals surface area contributed by atoms with E-state index in [0.717, 1.165) is 18.4 Å². The Labute approximate surface area is 95.9 Å². The summed E-state index contributed by atoms with van der Waals surface area (Å²) in [5.41, 5.74) is 1.79. The highest BCUT2D eigenvalue weighted by atomic mass is 16.5. The number of carbonyl (C=O) groups excluding carboxylic acids is 1. The summed E-state index contributed by atoms with van der Waals surface area (Å²) in [5.74, 6) is -0.0306. The molecule has 0 radical (unpaired) electrons. The number of aryl methyl sites for hydroxylation is 1. The maximum atomic E-state index is 12.1. The summed E-state index contributed by atoms with van der Waals surface area (Å²) in [5, 5.41) is 12.1. The van der Waals surface area contributed by atoms with Crippen molar-refractivity contribution in [3.05, 3.63) is 40.6 Å². The predicted molar refractivity (Wildman–Crippen MR) is 63.0 cm³/mol. The van der Waals surface area contributed by atoms with Gasteiger partial charge in [-0.15, -0.1) is 0 Å². The van der Waals surface area contributed by atoms with E-state index in [2.05, 4.69) is 0 Å². The molecule has 1 fully saturated rings. The van der Waals surface area contributed by atoms with Gasteiger partial charge < -0.3 is 9.85 Å². The zero-order valence-corrected chi connectivity index (χ0v) is 9.61. The topological polar surface area (TPSA) is 40.1 Å². The molecular weight excluding hydrogens is 202 g/mol. The molecule has 1 saturated heterocycles. The van der Waals surface area contributed by atoms with Crippen LogP contribution in [0.25, 0.3) is 0 Å². The van der Waals surface area contributed by atoms with E-state index in [-0.39, 0.29) is 17.0 Å². The average molecular weight is 219 g/mol. The van der Waals surface area contributed by atoms with Crippen molar-refractivity contribution in [2.24, 2.45) is 0 Å². The number of hydrogen-bond acceptors (Lipinski definition) is 2. The lowest BCUT2D eigenvalue weighted by Gasteiger charge is -2.37. The third-order valence-corrected chi connectivity index (χ3v) is 3.19. The number of Topliss-reactive ketones (excluding diaryl/α,β-unsaturated/α-hetero) is 1. The van der Waals surface area contributed by atoms with Gasteiger partial charge in [-0.05, 0) is 6.92 Å². The van der Waals surface area contributed by atoms with Crippen LogP contribution in [0.5, 0.6) is 0 Å². The number of rotatable bonds is 3. The van der Waals surface area contributed by atoms with Gasteiger partial charge in [0, 0.05) is 18.4 Å². The molecule has 1 aromatic carbocycles. The maximum Gasteiger partial charge on any atom is 0.217 e. The van der Waals surface area contributed by atoms with Gasteiger partial charge in [0.05, 0.1) is 13.1 Å². The Bertz CT molecular complexity index is 377. The zero-order chi connectivity index (χ0) is 11.6. The second-order valence-corrected chi connectivity index (χ2v) is 4.66. The van der Waals surface area contributed by atoms with Crippen molar-refractivity contribution < 1.29 is 9.44 Å². The highest BCUT2D eigenvalue weighted by Gasteiger charge is 2.26. The van der Waals surface area contributed by atoms with E-state index < -0.39 is 0 Å². The summed E-state index contributed by atoms with van der Waals surface area (Å²) in [6.45, 7) is 3.27. The number of hydroxylamine groups is 3. The van der Waals surface area contributed by atoms with Crippen LogP contribution in [-0.4, -0.2) is 30.1 Å². The van der Waals surface area contributed by atoms with E-state index in [1.165, 1.54) is 0 Å². The Balaban J connectivity index is 2.05. The highest BCUT2D eigenvalue weighted by Crippen LogP contribution is 2.18. The molecule has 0 bridgehead atoms. The maximum absolute atomic E-state index is 12.1. The van der Waals surface area contributed by atoms with Gasteiger partial charge in [-0.2, -0.15) is 0 Å². The Hall–Kier alpha value is -1.19. The number of likely N-dealkylation sites (tertiary alicyclic amines) is 1. The third kappa shape index (κ3) is 2.49. The summed E-state index contributed by atoms with van der Waals surface area (Å²) in [4.78, 5) is 11.9. The minimum absolute atomic E-state index is 0.0306. The molecule has 0 spiro atoms. The fourth-order valence-corrected chi connectivity index (χ4v) is 2.16. The number of benzene rings is 1. The summed E-state index contributed by atoms with van der Waals surface area (Å²) in [6.07, 6.45) is 1.90. The standard InChI is InChI=1S/C13H17NO2/c1-11-4-6-12(7-5-11)13(15)10-14(16)8-2-3-9-14/h4-7H,2-3,8-10H2,1H3. The highest BCUT2D eigenvalue weighted by molar-refractivity contribution is 5.97. The van der Waals surface area contributed by atoms with E-state index in [9.17, 15) is 10.0 Å². The first-order valence-corrected chi connectivity index (χ1v) is 5.76. The van der Waals surface area contributed by atoms with Crippen LogP contribution in [0.1, 0.15) is 28.8 Å². The lowest BCUT2D eigenvalue weighted by Crippen LogP contribution is -2.43. The SMILES string of the molecule is Cc1ccc(C(=O)C[N+]2([O-])CCCC2)cc1. The second-order valence-electron chi connectivity index (χ2n) is 4.66. The lowest BCUT2D eigenvalue weighted by molar-refractivity contribution is -0.859. The summed E-state index contributed by atoms with van der Waals surface area (Å²) < 4.78 is -0.327. The van der Waals surface area contributed by atoms with Gasteiger partial charge in [0.1, 0.15) is 6.54 Å². The molecule has 3 nitrogen and oxygen atoms in total. The van der Waals surface area contributed by atoms with Crippen LogP contribution < -0.4 is 0 Å². The quantitative estimate of drug-likeness (QED) is 0.444. The molecule has 16 heavy (non-hydrogen) atoms. The molecule has 0 saturated carbocycles. The monoisotopic (exact) mass is 219 g/mol. The Morgan fingerprint density at radius 3 is 2.38 bits per heavy atom. The van der Waals surface area contributed by atoms with Gasteiger partial charge in [0.15, 0.2) is 0 Å². The molecule has 0 unspecified atom stereocenters. The summed E-state index contributed by atoms with van der Waals surface area (Å²) >= 11 is 0. The van der Waals surface area contributed by atoms with Crippen LogP contribution in [-0.2, 0) is 0 Å². The molecule has 1 aromatic rings. The van der Waals surface area contributed by atoms with Crippen LogP contribution in [0.4, 0.5) is 0 Å². The number of nitrogens with zero attached hydrogens (tertiary/aromatic N) is 1. The predicted octanol–water partition coefficient (Wildman–Crippen LogP) is 2.29. The normalized spacial score (nSPS) is 18.6. The summed E-state index contributed by atoms with van der Waals surface area (Å²) in [6, 6.07) is 7.43. The Morgan fingerprint density at radius 1 is 1.25 bits per heavy atom. The van der Waals surface area contributed by atoms with Gasteiger partial charge in [-0.3, -0.25) is 4.79 Å². The number of ketones is 1. The second kappa shape index (κ2) is 4.36. The number of carbonyl (C=O) groups is 1. The number of hydrogen-bond donors (Lipinski definition) is 0. The van der Waals surface area contributed by atoms with E-state index >= 15 is 0 Å². The lowest BCUT2D eigenvalue weighted by atomic mass is 10.1. The smallest absolute Gasteiger partial charge is 0.217 e. The van der Waals surface area contributed by atoms with Crippen molar-refractivity contribution >= 4 is 5.78 Å². The van der Waals surface area contributed by atoms with Crippen molar-refractivity contribution in [3.8, 4) is 0 Å². The van der Waals surface area contributed by atoms with Crippen molar-refractivity contribution in [2.45, 2.75) is 19.8 Å². The van der Waals surface area contributed by atoms with E-state index in [0.29, 0.717) is 18.7 Å². The Kier molecular flexibility index (Phi) is 3.08. The largest absolute Gasteiger partial charge is 0.632 e. The molecule has 0 N–H and O–H groups in total. The van der Waals surface area contributed by atoms with Crippen LogP contribution >= 0.6 is 0 Å². The minimum Gasteiger partial charge on any atom is -0.632 e. The molecule has 0 atom stereocenters. The molecule has 1 aliphatic heterocycles. The molecule has 3 heteroatoms. The van der Waals surface area contributed by atoms with Crippen molar-refractivity contribution in [3.63, 3.8) is 0 Å². The molecule has 2 rings (SSSR count). The molecule has 0 amide bonds. The van der Waals surface area contributed by atoms with Crippen molar-refractivity contribution in [1.82, 2.24) is 0 Å². The van der Waals surface area contributed by atoms with Gasteiger partial charge in [0.2, 0.25) is 5.78 Å². The Morgan fingerprint density at radius 2 is 1.81 bits per heavy atom. The van der Waals surface area contributed by atoms with Gasteiger partial charge >= 0.3 is 0 Å². The molecule has 0 aliphatic carbocycles. The van der Waals surface area contributed by atoms with Crippen LogP contribution in [0, 0.1) is 12.1 Å². The molecule has 0 aromatic heterocycles. The van der Waals surface area contributed by atoms with E-state index in [1.54, 1.807) is 12.1 Å². The van der Waals surface area contributed by atoms with Gasteiger partial charge in [0.25, 0.3) is 0 Å². The fourth-order valence-electron chi connectivity index (χ4n) is 2.16. The minimum atomic E-state index is -0.327. The summed E-state index contributed by atoms with van der Waals surface area (Å²) in [7, 11) is 0. The average Bonchev–Trinajstić information content (AvgIpc) is 2.65. The number of quaternary nitrogens is 1. The van der Waals surface area contributed by atoms with Crippen LogP contribution in [0.2, 0.25) is 0 Å². The first kappa shape index (κ1) is 11.3. The molecule has 1 aliphatic rings. The third-order valence-electron chi connectivity index (χ3n) is 3.19.